The van der Waals surface area contributed by atoms with Crippen LogP contribution >= 0.6 is 24.0 Å². The van der Waals surface area contributed by atoms with Crippen molar-refractivity contribution >= 4 is 41.5 Å². The van der Waals surface area contributed by atoms with Crippen LogP contribution < -0.4 is 15.5 Å². The second-order valence-corrected chi connectivity index (χ2v) is 5.86. The third kappa shape index (κ3) is 5.68. The van der Waals surface area contributed by atoms with Gasteiger partial charge in [0.05, 0.1) is 5.92 Å². The molecule has 0 bridgehead atoms. The van der Waals surface area contributed by atoms with Crippen molar-refractivity contribution in [2.24, 2.45) is 5.92 Å². The first-order valence-corrected chi connectivity index (χ1v) is 8.04. The van der Waals surface area contributed by atoms with Crippen LogP contribution in [0.2, 0.25) is 5.02 Å². The molecular weight excluding hydrogens is 337 g/mol. The largest absolute Gasteiger partial charge is 0.355 e. The van der Waals surface area contributed by atoms with E-state index in [4.69, 9.17) is 11.6 Å². The maximum atomic E-state index is 12.1. The van der Waals surface area contributed by atoms with E-state index in [1.165, 1.54) is 0 Å². The molecule has 1 aromatic rings. The topological polar surface area (TPSA) is 61.4 Å². The number of nitrogens with one attached hydrogen (secondary N) is 2. The van der Waals surface area contributed by atoms with Crippen molar-refractivity contribution in [1.29, 1.82) is 0 Å². The summed E-state index contributed by atoms with van der Waals surface area (Å²) in [6.07, 6.45) is 1.33. The molecule has 1 unspecified atom stereocenters. The SMILES string of the molecule is CCCNCCNC(=O)C1CC(=O)N(c2ccc(Cl)cc2)C1.Cl. The molecule has 128 valence electrons. The first-order valence-electron chi connectivity index (χ1n) is 7.66. The van der Waals surface area contributed by atoms with Gasteiger partial charge < -0.3 is 15.5 Å². The van der Waals surface area contributed by atoms with Crippen LogP contribution in [0, 0.1) is 5.92 Å². The molecule has 0 spiro atoms. The Morgan fingerprint density at radius 3 is 2.61 bits per heavy atom. The number of halogens is 2. The number of carbonyl (C=O) groups excluding carboxylic acids is 2. The van der Waals surface area contributed by atoms with E-state index in [9.17, 15) is 9.59 Å². The molecule has 0 aliphatic carbocycles. The van der Waals surface area contributed by atoms with E-state index in [0.29, 0.717) is 18.1 Å². The molecule has 1 aliphatic heterocycles. The van der Waals surface area contributed by atoms with Crippen LogP contribution in [0.1, 0.15) is 19.8 Å². The molecule has 1 fully saturated rings. The van der Waals surface area contributed by atoms with Crippen molar-refractivity contribution in [3.63, 3.8) is 0 Å². The third-order valence-electron chi connectivity index (χ3n) is 3.66. The second kappa shape index (κ2) is 9.75. The summed E-state index contributed by atoms with van der Waals surface area (Å²) in [4.78, 5) is 25.9. The third-order valence-corrected chi connectivity index (χ3v) is 3.91. The maximum Gasteiger partial charge on any atom is 0.227 e. The highest BCUT2D eigenvalue weighted by Gasteiger charge is 2.34. The molecule has 0 radical (unpaired) electrons. The van der Waals surface area contributed by atoms with Crippen molar-refractivity contribution in [2.75, 3.05) is 31.1 Å². The van der Waals surface area contributed by atoms with Crippen LogP contribution in [0.25, 0.3) is 0 Å². The van der Waals surface area contributed by atoms with E-state index in [-0.39, 0.29) is 36.6 Å². The fourth-order valence-corrected chi connectivity index (χ4v) is 2.60. The number of nitrogens with zero attached hydrogens (tertiary/aromatic N) is 1. The molecule has 1 saturated heterocycles. The monoisotopic (exact) mass is 359 g/mol. The van der Waals surface area contributed by atoms with Crippen LogP contribution in [0.15, 0.2) is 24.3 Å². The highest BCUT2D eigenvalue weighted by atomic mass is 35.5. The van der Waals surface area contributed by atoms with Crippen LogP contribution in [-0.2, 0) is 9.59 Å². The van der Waals surface area contributed by atoms with Gasteiger partial charge in [0.2, 0.25) is 11.8 Å². The summed E-state index contributed by atoms with van der Waals surface area (Å²) in [7, 11) is 0. The van der Waals surface area contributed by atoms with E-state index >= 15 is 0 Å². The summed E-state index contributed by atoms with van der Waals surface area (Å²) in [5, 5.41) is 6.74. The van der Waals surface area contributed by atoms with E-state index in [1.54, 1.807) is 29.2 Å². The molecule has 5 nitrogen and oxygen atoms in total. The maximum absolute atomic E-state index is 12.1. The molecule has 1 aromatic carbocycles. The Kier molecular flexibility index (Phi) is 8.37. The fraction of sp³-hybridized carbons (Fsp3) is 0.500. The van der Waals surface area contributed by atoms with Gasteiger partial charge in [-0.1, -0.05) is 18.5 Å². The molecule has 2 rings (SSSR count). The number of hydrogen-bond acceptors (Lipinski definition) is 3. The highest BCUT2D eigenvalue weighted by Crippen LogP contribution is 2.26. The second-order valence-electron chi connectivity index (χ2n) is 5.42. The van der Waals surface area contributed by atoms with Crippen molar-refractivity contribution < 1.29 is 9.59 Å². The summed E-state index contributed by atoms with van der Waals surface area (Å²) in [5.41, 5.74) is 0.786. The van der Waals surface area contributed by atoms with Gasteiger partial charge in [0.25, 0.3) is 0 Å². The Hall–Kier alpha value is -1.30. The first-order chi connectivity index (χ1) is 10.6. The van der Waals surface area contributed by atoms with Crippen molar-refractivity contribution in [3.8, 4) is 0 Å². The summed E-state index contributed by atoms with van der Waals surface area (Å²) in [6, 6.07) is 7.10. The van der Waals surface area contributed by atoms with E-state index in [0.717, 1.165) is 25.2 Å². The zero-order chi connectivity index (χ0) is 15.9. The van der Waals surface area contributed by atoms with Crippen molar-refractivity contribution in [3.05, 3.63) is 29.3 Å². The standard InChI is InChI=1S/C16H22ClN3O2.ClH/c1-2-7-18-8-9-19-16(22)12-10-15(21)20(11-12)14-5-3-13(17)4-6-14;/h3-6,12,18H,2,7-11H2,1H3,(H,19,22);1H. The van der Waals surface area contributed by atoms with E-state index in [1.807, 2.05) is 0 Å². The van der Waals surface area contributed by atoms with E-state index in [2.05, 4.69) is 17.6 Å². The Balaban J connectivity index is 0.00000264. The number of anilines is 1. The lowest BCUT2D eigenvalue weighted by Gasteiger charge is -2.16. The lowest BCUT2D eigenvalue weighted by molar-refractivity contribution is -0.126. The van der Waals surface area contributed by atoms with Gasteiger partial charge in [-0.15, -0.1) is 12.4 Å². The average Bonchev–Trinajstić information content (AvgIpc) is 2.90. The van der Waals surface area contributed by atoms with Gasteiger partial charge in [-0.25, -0.2) is 0 Å². The Morgan fingerprint density at radius 2 is 1.96 bits per heavy atom. The summed E-state index contributed by atoms with van der Waals surface area (Å²) < 4.78 is 0. The first kappa shape index (κ1) is 19.7. The van der Waals surface area contributed by atoms with Crippen molar-refractivity contribution in [2.45, 2.75) is 19.8 Å². The van der Waals surface area contributed by atoms with Gasteiger partial charge >= 0.3 is 0 Å². The zero-order valence-corrected chi connectivity index (χ0v) is 14.8. The number of hydrogen-bond donors (Lipinski definition) is 2. The molecule has 0 aromatic heterocycles. The van der Waals surface area contributed by atoms with Crippen molar-refractivity contribution in [1.82, 2.24) is 10.6 Å². The van der Waals surface area contributed by atoms with Crippen LogP contribution in [0.5, 0.6) is 0 Å². The molecule has 1 aliphatic rings. The lowest BCUT2D eigenvalue weighted by Crippen LogP contribution is -2.37. The van der Waals surface area contributed by atoms with Crippen LogP contribution in [0.3, 0.4) is 0 Å². The van der Waals surface area contributed by atoms with Gasteiger partial charge in [0.15, 0.2) is 0 Å². The predicted molar refractivity (Wildman–Crippen MR) is 95.3 cm³/mol. The minimum atomic E-state index is -0.283. The van der Waals surface area contributed by atoms with Gasteiger partial charge in [-0.2, -0.15) is 0 Å². The fourth-order valence-electron chi connectivity index (χ4n) is 2.47. The molecule has 2 amide bonds. The molecule has 1 atom stereocenters. The number of carbonyl (C=O) groups is 2. The molecular formula is C16H23Cl2N3O2. The summed E-state index contributed by atoms with van der Waals surface area (Å²) in [6.45, 7) is 4.81. The molecule has 1 heterocycles. The van der Waals surface area contributed by atoms with Gasteiger partial charge in [0.1, 0.15) is 0 Å². The molecule has 0 saturated carbocycles. The summed E-state index contributed by atoms with van der Waals surface area (Å²) >= 11 is 5.85. The zero-order valence-electron chi connectivity index (χ0n) is 13.2. The summed E-state index contributed by atoms with van der Waals surface area (Å²) in [5.74, 6) is -0.357. The lowest BCUT2D eigenvalue weighted by atomic mass is 10.1. The van der Waals surface area contributed by atoms with Gasteiger partial charge in [0, 0.05) is 36.8 Å². The minimum Gasteiger partial charge on any atom is -0.355 e. The quantitative estimate of drug-likeness (QED) is 0.733. The Morgan fingerprint density at radius 1 is 1.26 bits per heavy atom. The molecule has 2 N–H and O–H groups in total. The number of rotatable bonds is 7. The Bertz CT molecular complexity index is 523. The van der Waals surface area contributed by atoms with Gasteiger partial charge in [-0.05, 0) is 37.2 Å². The number of amides is 2. The van der Waals surface area contributed by atoms with Gasteiger partial charge in [-0.3, -0.25) is 9.59 Å². The highest BCUT2D eigenvalue weighted by molar-refractivity contribution is 6.30. The normalized spacial score (nSPS) is 17.0. The molecule has 7 heteroatoms. The minimum absolute atomic E-state index is 0. The van der Waals surface area contributed by atoms with Crippen LogP contribution in [-0.4, -0.2) is 38.0 Å². The Labute approximate surface area is 148 Å². The van der Waals surface area contributed by atoms with Crippen LogP contribution in [0.4, 0.5) is 5.69 Å². The molecule has 23 heavy (non-hydrogen) atoms. The number of benzene rings is 1. The average molecular weight is 360 g/mol. The van der Waals surface area contributed by atoms with E-state index < -0.39 is 0 Å². The smallest absolute Gasteiger partial charge is 0.227 e. The predicted octanol–water partition coefficient (Wildman–Crippen LogP) is 2.23.